The molecule has 294 valence electrons. The van der Waals surface area contributed by atoms with Crippen LogP contribution in [0.1, 0.15) is 90.1 Å². The van der Waals surface area contributed by atoms with Crippen LogP contribution in [0.5, 0.6) is 5.75 Å². The maximum absolute atomic E-state index is 14.0. The summed E-state index contributed by atoms with van der Waals surface area (Å²) in [5.74, 6) is 1.99. The van der Waals surface area contributed by atoms with E-state index in [4.69, 9.17) is 24.2 Å². The number of amides is 3. The normalized spacial score (nSPS) is 20.0. The third-order valence-electron chi connectivity index (χ3n) is 11.1. The van der Waals surface area contributed by atoms with Crippen molar-refractivity contribution in [3.8, 4) is 28.1 Å². The lowest BCUT2D eigenvalue weighted by Crippen LogP contribution is -2.50. The number of rotatable bonds is 8. The van der Waals surface area contributed by atoms with Crippen LogP contribution in [0, 0.1) is 11.8 Å². The summed E-state index contributed by atoms with van der Waals surface area (Å²) in [6, 6.07) is 13.7. The van der Waals surface area contributed by atoms with Crippen molar-refractivity contribution >= 4 is 39.7 Å². The molecule has 13 nitrogen and oxygen atoms in total. The van der Waals surface area contributed by atoms with Crippen LogP contribution < -0.4 is 10.1 Å². The van der Waals surface area contributed by atoms with Gasteiger partial charge in [0.1, 0.15) is 35.6 Å². The van der Waals surface area contributed by atoms with E-state index in [2.05, 4.69) is 51.7 Å². The lowest BCUT2D eigenvalue weighted by Gasteiger charge is -2.30. The molecule has 2 fully saturated rings. The Bertz CT molecular complexity index is 2320. The minimum absolute atomic E-state index is 0.0744. The second-order valence-corrected chi connectivity index (χ2v) is 16.8. The maximum Gasteiger partial charge on any atom is 0.410 e. The fourth-order valence-corrected chi connectivity index (χ4v) is 8.57. The predicted molar refractivity (Wildman–Crippen MR) is 213 cm³/mol. The number of H-pyrrole nitrogens is 2. The first kappa shape index (κ1) is 37.5. The summed E-state index contributed by atoms with van der Waals surface area (Å²) in [5, 5.41) is 4.86. The van der Waals surface area contributed by atoms with E-state index in [9.17, 15) is 14.4 Å². The van der Waals surface area contributed by atoms with Crippen LogP contribution >= 0.6 is 0 Å². The molecule has 8 rings (SSSR count). The number of aromatic amines is 2. The third kappa shape index (κ3) is 7.08. The lowest BCUT2D eigenvalue weighted by molar-refractivity contribution is -0.138. The van der Waals surface area contributed by atoms with E-state index < -0.39 is 11.6 Å². The molecular formula is C43H51N7O6. The largest absolute Gasteiger partial charge is 0.488 e. The van der Waals surface area contributed by atoms with E-state index in [0.29, 0.717) is 38.5 Å². The quantitative estimate of drug-likeness (QED) is 0.148. The average Bonchev–Trinajstić information content (AvgIpc) is 3.97. The Balaban J connectivity index is 1.07. The second kappa shape index (κ2) is 14.6. The first-order valence-electron chi connectivity index (χ1n) is 19.6. The Kier molecular flexibility index (Phi) is 9.76. The molecule has 0 radical (unpaired) electrons. The number of hydrogen-bond acceptors (Lipinski definition) is 8. The highest BCUT2D eigenvalue weighted by molar-refractivity contribution is 6.07. The van der Waals surface area contributed by atoms with Crippen molar-refractivity contribution in [3.05, 3.63) is 65.9 Å². The molecule has 2 aromatic heterocycles. The molecule has 13 heteroatoms. The number of methoxy groups -OCH3 is 1. The van der Waals surface area contributed by atoms with Gasteiger partial charge < -0.3 is 34.4 Å². The SMILES string of the molecule is COC[C@H]1C[C@@H](c2nc3c(ccc4cc5c(cc43)OCc3cc(-c4cnc([C@@H]6CCCN6C(=O)OC(C)(C)C)[nH]4)ccc3-5)[nH]2)N(C(=O)[C@@H](NC(C)=O)C(C)C)C1. The molecule has 0 unspecified atom stereocenters. The van der Waals surface area contributed by atoms with Crippen molar-refractivity contribution in [2.45, 2.75) is 91.1 Å². The Morgan fingerprint density at radius 1 is 1.02 bits per heavy atom. The van der Waals surface area contributed by atoms with Crippen LogP contribution in [0.4, 0.5) is 4.79 Å². The standard InChI is InChI=1S/C43H51N7O6/c1-23(2)37(45-24(3)51)41(52)50-20-25(21-54-7)15-35(50)40-46-32-13-11-26-17-31-29-12-10-27(16-28(29)22-55-36(31)18-30(26)38(32)48-40)33-19-44-39(47-33)34-9-8-14-49(34)42(53)56-43(4,5)6/h10-13,16-19,23,25,34-35,37H,8-9,14-15,20-22H2,1-7H3,(H,44,47)(H,45,51)(H,46,48)/t25-,34-,35-,37-/m0/s1. The molecule has 3 amide bonds. The maximum atomic E-state index is 14.0. The number of carbonyl (C=O) groups excluding carboxylic acids is 3. The van der Waals surface area contributed by atoms with E-state index in [1.54, 1.807) is 12.0 Å². The van der Waals surface area contributed by atoms with Gasteiger partial charge in [-0.05, 0) is 92.3 Å². The van der Waals surface area contributed by atoms with Crippen LogP contribution in [-0.4, -0.2) is 86.1 Å². The van der Waals surface area contributed by atoms with Gasteiger partial charge >= 0.3 is 6.09 Å². The highest BCUT2D eigenvalue weighted by Gasteiger charge is 2.41. The van der Waals surface area contributed by atoms with Crippen molar-refractivity contribution in [2.24, 2.45) is 11.8 Å². The van der Waals surface area contributed by atoms with Crippen molar-refractivity contribution in [1.82, 2.24) is 35.1 Å². The number of fused-ring (bicyclic) bond motifs is 6. The topological polar surface area (TPSA) is 155 Å². The summed E-state index contributed by atoms with van der Waals surface area (Å²) in [6.07, 6.45) is 3.94. The van der Waals surface area contributed by atoms with Gasteiger partial charge in [-0.1, -0.05) is 32.0 Å². The molecule has 5 heterocycles. The van der Waals surface area contributed by atoms with E-state index in [1.807, 2.05) is 51.8 Å². The van der Waals surface area contributed by atoms with Gasteiger partial charge in [-0.3, -0.25) is 14.5 Å². The van der Waals surface area contributed by atoms with E-state index in [1.165, 1.54) is 6.92 Å². The summed E-state index contributed by atoms with van der Waals surface area (Å²) < 4.78 is 17.6. The summed E-state index contributed by atoms with van der Waals surface area (Å²) in [7, 11) is 1.68. The minimum Gasteiger partial charge on any atom is -0.488 e. The lowest BCUT2D eigenvalue weighted by atomic mass is 9.92. The zero-order valence-electron chi connectivity index (χ0n) is 33.2. The third-order valence-corrected chi connectivity index (χ3v) is 11.1. The molecule has 0 spiro atoms. The number of nitrogens with zero attached hydrogens (tertiary/aromatic N) is 4. The van der Waals surface area contributed by atoms with Crippen molar-refractivity contribution in [2.75, 3.05) is 26.8 Å². The molecule has 3 aliphatic heterocycles. The molecule has 3 N–H and O–H groups in total. The number of nitrogens with one attached hydrogen (secondary N) is 3. The molecule has 0 saturated carbocycles. The highest BCUT2D eigenvalue weighted by Crippen LogP contribution is 2.44. The Hall–Kier alpha value is -5.43. The van der Waals surface area contributed by atoms with Gasteiger partial charge in [0.05, 0.1) is 41.6 Å². The number of benzene rings is 3. The summed E-state index contributed by atoms with van der Waals surface area (Å²) in [5.41, 5.74) is 6.19. The Morgan fingerprint density at radius 2 is 1.84 bits per heavy atom. The summed E-state index contributed by atoms with van der Waals surface area (Å²) >= 11 is 0. The molecule has 0 bridgehead atoms. The first-order valence-corrected chi connectivity index (χ1v) is 19.6. The van der Waals surface area contributed by atoms with Crippen LogP contribution in [0.3, 0.4) is 0 Å². The molecule has 3 aliphatic rings. The second-order valence-electron chi connectivity index (χ2n) is 16.8. The molecule has 0 aliphatic carbocycles. The number of carbonyl (C=O) groups is 3. The predicted octanol–water partition coefficient (Wildman–Crippen LogP) is 7.43. The van der Waals surface area contributed by atoms with Gasteiger partial charge in [0.15, 0.2) is 0 Å². The van der Waals surface area contributed by atoms with Gasteiger partial charge in [0.25, 0.3) is 0 Å². The number of aromatic nitrogens is 4. The molecule has 2 saturated heterocycles. The number of hydrogen-bond donors (Lipinski definition) is 3. The average molecular weight is 762 g/mol. The van der Waals surface area contributed by atoms with Crippen LogP contribution in [0.2, 0.25) is 0 Å². The fourth-order valence-electron chi connectivity index (χ4n) is 8.57. The van der Waals surface area contributed by atoms with Crippen molar-refractivity contribution in [3.63, 3.8) is 0 Å². The van der Waals surface area contributed by atoms with Crippen LogP contribution in [-0.2, 0) is 25.7 Å². The minimum atomic E-state index is -0.630. The van der Waals surface area contributed by atoms with Gasteiger partial charge in [-0.25, -0.2) is 14.8 Å². The zero-order valence-corrected chi connectivity index (χ0v) is 33.2. The van der Waals surface area contributed by atoms with Gasteiger partial charge in [-0.15, -0.1) is 0 Å². The monoisotopic (exact) mass is 761 g/mol. The van der Waals surface area contributed by atoms with Gasteiger partial charge in [-0.2, -0.15) is 0 Å². The molecular weight excluding hydrogens is 711 g/mol. The Morgan fingerprint density at radius 3 is 2.59 bits per heavy atom. The van der Waals surface area contributed by atoms with Crippen molar-refractivity contribution < 1.29 is 28.6 Å². The molecule has 5 aromatic rings. The molecule has 4 atom stereocenters. The highest BCUT2D eigenvalue weighted by atomic mass is 16.6. The first-order chi connectivity index (χ1) is 26.8. The van der Waals surface area contributed by atoms with Gasteiger partial charge in [0.2, 0.25) is 11.8 Å². The smallest absolute Gasteiger partial charge is 0.410 e. The number of likely N-dealkylation sites (tertiary alicyclic amines) is 2. The molecule has 3 aromatic carbocycles. The fraction of sp³-hybridized carbons (Fsp3) is 0.465. The number of imidazole rings is 2. The van der Waals surface area contributed by atoms with Crippen molar-refractivity contribution in [1.29, 1.82) is 0 Å². The van der Waals surface area contributed by atoms with E-state index in [0.717, 1.165) is 74.2 Å². The molecule has 56 heavy (non-hydrogen) atoms. The van der Waals surface area contributed by atoms with Crippen LogP contribution in [0.15, 0.2) is 48.7 Å². The summed E-state index contributed by atoms with van der Waals surface area (Å²) in [4.78, 5) is 59.4. The van der Waals surface area contributed by atoms with E-state index in [-0.39, 0.29) is 41.8 Å². The van der Waals surface area contributed by atoms with E-state index >= 15 is 0 Å². The Labute approximate surface area is 326 Å². The number of ether oxygens (including phenoxy) is 3. The zero-order chi connectivity index (χ0) is 39.5. The van der Waals surface area contributed by atoms with Gasteiger partial charge in [0, 0.05) is 44.0 Å². The summed E-state index contributed by atoms with van der Waals surface area (Å²) in [6.45, 7) is 13.1. The van der Waals surface area contributed by atoms with Crippen LogP contribution in [0.25, 0.3) is 44.2 Å².